The number of amides is 1. The number of ether oxygens (including phenoxy) is 2. The highest BCUT2D eigenvalue weighted by atomic mass is 16.5. The topological polar surface area (TPSA) is 111 Å². The van der Waals surface area contributed by atoms with Crippen molar-refractivity contribution in [3.05, 3.63) is 66.4 Å². The first-order valence-electron chi connectivity index (χ1n) is 9.82. The van der Waals surface area contributed by atoms with Gasteiger partial charge < -0.3 is 25.8 Å². The summed E-state index contributed by atoms with van der Waals surface area (Å²) in [7, 11) is 0. The Bertz CT molecular complexity index is 989. The van der Waals surface area contributed by atoms with E-state index in [1.807, 2.05) is 30.3 Å². The number of carbonyl (C=O) groups excluding carboxylic acids is 1. The van der Waals surface area contributed by atoms with Gasteiger partial charge in [-0.25, -0.2) is 4.98 Å². The Morgan fingerprint density at radius 2 is 1.60 bits per heavy atom. The number of rotatable bonds is 7. The van der Waals surface area contributed by atoms with Gasteiger partial charge in [-0.05, 0) is 62.3 Å². The summed E-state index contributed by atoms with van der Waals surface area (Å²) in [5, 5.41) is 6.61. The molecule has 2 heterocycles. The first-order valence-corrected chi connectivity index (χ1v) is 9.82. The Morgan fingerprint density at radius 1 is 0.967 bits per heavy atom. The molecule has 1 fully saturated rings. The van der Waals surface area contributed by atoms with Gasteiger partial charge in [0.15, 0.2) is 0 Å². The number of para-hydroxylation sites is 1. The van der Waals surface area contributed by atoms with Crippen molar-refractivity contribution >= 4 is 11.9 Å². The van der Waals surface area contributed by atoms with Gasteiger partial charge in [0.25, 0.3) is 5.91 Å². The van der Waals surface area contributed by atoms with Crippen molar-refractivity contribution in [1.82, 2.24) is 15.3 Å². The number of carbonyl (C=O) groups is 1. The minimum atomic E-state index is -0.651. The average Bonchev–Trinajstić information content (AvgIpc) is 2.77. The lowest BCUT2D eigenvalue weighted by molar-refractivity contribution is 0.0997. The van der Waals surface area contributed by atoms with Gasteiger partial charge >= 0.3 is 0 Å². The van der Waals surface area contributed by atoms with Gasteiger partial charge in [0, 0.05) is 12.2 Å². The number of nitrogens with two attached hydrogens (primary N) is 1. The van der Waals surface area contributed by atoms with E-state index in [-0.39, 0.29) is 17.5 Å². The van der Waals surface area contributed by atoms with Crippen LogP contribution in [0.2, 0.25) is 0 Å². The van der Waals surface area contributed by atoms with E-state index in [1.165, 1.54) is 6.20 Å². The third-order valence-electron chi connectivity index (χ3n) is 4.71. The molecule has 1 aliphatic rings. The summed E-state index contributed by atoms with van der Waals surface area (Å²) in [5.74, 6) is 1.79. The molecule has 2 aromatic carbocycles. The van der Waals surface area contributed by atoms with Crippen LogP contribution in [0.1, 0.15) is 23.2 Å². The first-order chi connectivity index (χ1) is 14.7. The van der Waals surface area contributed by atoms with Crippen LogP contribution in [-0.4, -0.2) is 35.0 Å². The number of primary amides is 1. The van der Waals surface area contributed by atoms with Crippen LogP contribution < -0.4 is 25.8 Å². The summed E-state index contributed by atoms with van der Waals surface area (Å²) < 4.78 is 11.6. The van der Waals surface area contributed by atoms with Gasteiger partial charge in [0.2, 0.25) is 11.8 Å². The lowest BCUT2D eigenvalue weighted by atomic mass is 10.1. The third-order valence-corrected chi connectivity index (χ3v) is 4.71. The molecule has 1 saturated heterocycles. The van der Waals surface area contributed by atoms with Gasteiger partial charge in [-0.1, -0.05) is 18.2 Å². The molecule has 1 amide bonds. The molecule has 0 bridgehead atoms. The van der Waals surface area contributed by atoms with E-state index in [1.54, 1.807) is 24.3 Å². The van der Waals surface area contributed by atoms with Crippen LogP contribution in [0.15, 0.2) is 60.8 Å². The van der Waals surface area contributed by atoms with E-state index in [0.29, 0.717) is 17.4 Å². The molecule has 1 aromatic heterocycles. The highest BCUT2D eigenvalue weighted by molar-refractivity contribution is 5.94. The van der Waals surface area contributed by atoms with Crippen molar-refractivity contribution in [1.29, 1.82) is 0 Å². The zero-order valence-electron chi connectivity index (χ0n) is 16.4. The molecule has 30 heavy (non-hydrogen) atoms. The molecule has 8 nitrogen and oxygen atoms in total. The van der Waals surface area contributed by atoms with Crippen LogP contribution in [0.4, 0.5) is 5.95 Å². The lowest BCUT2D eigenvalue weighted by Gasteiger charge is -2.23. The van der Waals surface area contributed by atoms with Crippen molar-refractivity contribution in [2.24, 2.45) is 5.73 Å². The zero-order valence-corrected chi connectivity index (χ0v) is 16.4. The van der Waals surface area contributed by atoms with E-state index < -0.39 is 5.91 Å². The van der Waals surface area contributed by atoms with E-state index in [2.05, 4.69) is 20.6 Å². The number of anilines is 1. The molecule has 0 radical (unpaired) electrons. The predicted octanol–water partition coefficient (Wildman–Crippen LogP) is 3.32. The zero-order chi connectivity index (χ0) is 20.8. The van der Waals surface area contributed by atoms with Crippen molar-refractivity contribution in [3.63, 3.8) is 0 Å². The van der Waals surface area contributed by atoms with Gasteiger partial charge in [0.05, 0.1) is 0 Å². The van der Waals surface area contributed by atoms with E-state index in [9.17, 15) is 4.79 Å². The second kappa shape index (κ2) is 9.23. The number of piperidine rings is 1. The van der Waals surface area contributed by atoms with Crippen LogP contribution in [-0.2, 0) is 0 Å². The average molecular weight is 405 g/mol. The molecule has 0 aliphatic carbocycles. The van der Waals surface area contributed by atoms with Crippen LogP contribution in [0.3, 0.4) is 0 Å². The quantitative estimate of drug-likeness (QED) is 0.553. The highest BCUT2D eigenvalue weighted by Gasteiger charge is 2.18. The van der Waals surface area contributed by atoms with Gasteiger partial charge in [-0.2, -0.15) is 4.98 Å². The van der Waals surface area contributed by atoms with Gasteiger partial charge in [0.1, 0.15) is 22.8 Å². The van der Waals surface area contributed by atoms with Crippen LogP contribution in [0, 0.1) is 0 Å². The minimum Gasteiger partial charge on any atom is -0.457 e. The standard InChI is InChI=1S/C22H23N5O3/c23-20(28)19-14-25-22(26-15-10-12-24-13-11-15)27-21(19)30-18-8-6-17(7-9-18)29-16-4-2-1-3-5-16/h1-9,14-15,24H,10-13H2,(H2,23,28)(H,25,26,27). The Balaban J connectivity index is 1.49. The molecule has 0 spiro atoms. The molecule has 1 aliphatic heterocycles. The second-order valence-corrected chi connectivity index (χ2v) is 6.93. The van der Waals surface area contributed by atoms with Gasteiger partial charge in [-0.3, -0.25) is 4.79 Å². The van der Waals surface area contributed by atoms with Crippen LogP contribution in [0.25, 0.3) is 0 Å². The normalized spacial score (nSPS) is 14.1. The maximum Gasteiger partial charge on any atom is 0.255 e. The molecular weight excluding hydrogens is 382 g/mol. The molecule has 154 valence electrons. The number of nitrogens with one attached hydrogen (secondary N) is 2. The van der Waals surface area contributed by atoms with Crippen LogP contribution >= 0.6 is 0 Å². The lowest BCUT2D eigenvalue weighted by Crippen LogP contribution is -2.35. The summed E-state index contributed by atoms with van der Waals surface area (Å²) in [6.45, 7) is 1.88. The van der Waals surface area contributed by atoms with Crippen molar-refractivity contribution < 1.29 is 14.3 Å². The maximum absolute atomic E-state index is 11.8. The smallest absolute Gasteiger partial charge is 0.255 e. The number of hydrogen-bond donors (Lipinski definition) is 3. The molecule has 3 aromatic rings. The van der Waals surface area contributed by atoms with Crippen molar-refractivity contribution in [2.75, 3.05) is 18.4 Å². The van der Waals surface area contributed by atoms with E-state index in [0.717, 1.165) is 31.7 Å². The Kier molecular flexibility index (Phi) is 6.05. The largest absolute Gasteiger partial charge is 0.457 e. The first kappa shape index (κ1) is 19.7. The van der Waals surface area contributed by atoms with Crippen molar-refractivity contribution in [3.8, 4) is 23.1 Å². The summed E-state index contributed by atoms with van der Waals surface area (Å²) >= 11 is 0. The molecular formula is C22H23N5O3. The number of aromatic nitrogens is 2. The number of hydrogen-bond acceptors (Lipinski definition) is 7. The fourth-order valence-corrected chi connectivity index (χ4v) is 3.14. The Labute approximate surface area is 174 Å². The second-order valence-electron chi connectivity index (χ2n) is 6.93. The maximum atomic E-state index is 11.8. The SMILES string of the molecule is NC(=O)c1cnc(NC2CCNCC2)nc1Oc1ccc(Oc2ccccc2)cc1. The molecule has 0 saturated carbocycles. The molecule has 4 rings (SSSR count). The molecule has 0 atom stereocenters. The van der Waals surface area contributed by atoms with Crippen LogP contribution in [0.5, 0.6) is 23.1 Å². The van der Waals surface area contributed by atoms with E-state index >= 15 is 0 Å². The highest BCUT2D eigenvalue weighted by Crippen LogP contribution is 2.28. The Hall–Kier alpha value is -3.65. The number of nitrogens with zero attached hydrogens (tertiary/aromatic N) is 2. The summed E-state index contributed by atoms with van der Waals surface area (Å²) in [5.41, 5.74) is 5.59. The predicted molar refractivity (Wildman–Crippen MR) is 113 cm³/mol. The molecule has 8 heteroatoms. The summed E-state index contributed by atoms with van der Waals surface area (Å²) in [6, 6.07) is 16.8. The summed E-state index contributed by atoms with van der Waals surface area (Å²) in [4.78, 5) is 20.4. The third kappa shape index (κ3) is 5.03. The Morgan fingerprint density at radius 3 is 2.27 bits per heavy atom. The van der Waals surface area contributed by atoms with E-state index in [4.69, 9.17) is 15.2 Å². The monoisotopic (exact) mass is 405 g/mol. The van der Waals surface area contributed by atoms with Gasteiger partial charge in [-0.15, -0.1) is 0 Å². The molecule has 4 N–H and O–H groups in total. The fourth-order valence-electron chi connectivity index (χ4n) is 3.14. The minimum absolute atomic E-state index is 0.116. The summed E-state index contributed by atoms with van der Waals surface area (Å²) in [6.07, 6.45) is 3.33. The molecule has 0 unspecified atom stereocenters. The van der Waals surface area contributed by atoms with Crippen molar-refractivity contribution in [2.45, 2.75) is 18.9 Å². The number of benzene rings is 2. The fraction of sp³-hybridized carbons (Fsp3) is 0.227.